The molecule has 4 rings (SSSR count). The van der Waals surface area contributed by atoms with Crippen LogP contribution in [0.5, 0.6) is 0 Å². The number of carbonyl (C=O) groups is 1. The first-order chi connectivity index (χ1) is 15.4. The normalized spacial score (nSPS) is 41.4. The Kier molecular flexibility index (Phi) is 8.23. The number of halogens is 3. The number of hydrogen-bond acceptors (Lipinski definition) is 3. The fourth-order valence-corrected chi connectivity index (χ4v) is 7.85. The molecule has 4 aliphatic rings. The summed E-state index contributed by atoms with van der Waals surface area (Å²) < 4.78 is 45.8. The Bertz CT molecular complexity index is 610. The molecule has 0 aromatic heterocycles. The van der Waals surface area contributed by atoms with Gasteiger partial charge in [0.2, 0.25) is 0 Å². The van der Waals surface area contributed by atoms with Gasteiger partial charge in [0.1, 0.15) is 6.29 Å². The number of likely N-dealkylation sites (tertiary alicyclic amines) is 1. The molecule has 3 nitrogen and oxygen atoms in total. The fraction of sp³-hybridized carbons (Fsp3) is 0.962. The molecule has 0 spiro atoms. The van der Waals surface area contributed by atoms with E-state index in [9.17, 15) is 18.0 Å². The number of fused-ring (bicyclic) bond motifs is 1. The minimum atomic E-state index is -4.05. The largest absolute Gasteiger partial charge is 0.391 e. The second-order valence-corrected chi connectivity index (χ2v) is 11.2. The maximum atomic E-state index is 13.3. The van der Waals surface area contributed by atoms with Crippen molar-refractivity contribution in [2.45, 2.75) is 102 Å². The monoisotopic (exact) mass is 457 g/mol. The van der Waals surface area contributed by atoms with Crippen molar-refractivity contribution in [3.05, 3.63) is 0 Å². The first kappa shape index (κ1) is 24.5. The summed E-state index contributed by atoms with van der Waals surface area (Å²) in [5.74, 6) is 1.40. The van der Waals surface area contributed by atoms with Crippen molar-refractivity contribution in [3.63, 3.8) is 0 Å². The second-order valence-electron chi connectivity index (χ2n) is 11.2. The van der Waals surface area contributed by atoms with E-state index in [1.165, 1.54) is 38.5 Å². The van der Waals surface area contributed by atoms with E-state index in [0.717, 1.165) is 50.7 Å². The summed E-state index contributed by atoms with van der Waals surface area (Å²) in [6, 6.07) is 0.466. The molecule has 0 N–H and O–H groups in total. The standard InChI is InChI=1S/C26H42F3NO2/c1-2-32-23-8-4-6-19(14-23)20-9-10-25-24(15-20)21(11-12-31)17-30(25)16-18-5-3-7-22(13-18)26(27,28)29/h12,18-25H,2-11,13-17H2,1H3. The lowest BCUT2D eigenvalue weighted by Gasteiger charge is -2.43. The van der Waals surface area contributed by atoms with Gasteiger partial charge in [-0.15, -0.1) is 0 Å². The number of nitrogens with zero attached hydrogens (tertiary/aromatic N) is 1. The van der Waals surface area contributed by atoms with E-state index in [1.807, 2.05) is 0 Å². The number of ether oxygens (including phenoxy) is 1. The maximum absolute atomic E-state index is 13.3. The third-order valence-corrected chi connectivity index (χ3v) is 9.32. The van der Waals surface area contributed by atoms with Crippen LogP contribution in [0.25, 0.3) is 0 Å². The van der Waals surface area contributed by atoms with Crippen molar-refractivity contribution >= 4 is 6.29 Å². The molecule has 0 amide bonds. The van der Waals surface area contributed by atoms with Gasteiger partial charge in [-0.05, 0) is 94.3 Å². The van der Waals surface area contributed by atoms with E-state index >= 15 is 0 Å². The average molecular weight is 458 g/mol. The third kappa shape index (κ3) is 5.71. The van der Waals surface area contributed by atoms with Crippen LogP contribution in [0.15, 0.2) is 0 Å². The van der Waals surface area contributed by atoms with Crippen LogP contribution in [0.1, 0.15) is 84.0 Å². The Morgan fingerprint density at radius 2 is 1.75 bits per heavy atom. The number of rotatable bonds is 7. The molecular weight excluding hydrogens is 415 g/mol. The first-order valence-electron chi connectivity index (χ1n) is 13.2. The van der Waals surface area contributed by atoms with Crippen molar-refractivity contribution < 1.29 is 22.7 Å². The quantitative estimate of drug-likeness (QED) is 0.423. The smallest absolute Gasteiger partial charge is 0.378 e. The van der Waals surface area contributed by atoms with E-state index < -0.39 is 12.1 Å². The van der Waals surface area contributed by atoms with Crippen LogP contribution in [0.2, 0.25) is 0 Å². The van der Waals surface area contributed by atoms with E-state index in [0.29, 0.717) is 49.7 Å². The van der Waals surface area contributed by atoms with Crippen molar-refractivity contribution in [1.82, 2.24) is 4.90 Å². The summed E-state index contributed by atoms with van der Waals surface area (Å²) >= 11 is 0. The molecule has 1 saturated heterocycles. The molecule has 6 heteroatoms. The van der Waals surface area contributed by atoms with Crippen LogP contribution < -0.4 is 0 Å². The summed E-state index contributed by atoms with van der Waals surface area (Å²) in [6.45, 7) is 4.57. The van der Waals surface area contributed by atoms with Crippen LogP contribution >= 0.6 is 0 Å². The maximum Gasteiger partial charge on any atom is 0.391 e. The Labute approximate surface area is 191 Å². The lowest BCUT2D eigenvalue weighted by atomic mass is 9.66. The molecule has 3 saturated carbocycles. The van der Waals surface area contributed by atoms with Gasteiger partial charge in [0.05, 0.1) is 12.0 Å². The predicted molar refractivity (Wildman–Crippen MR) is 119 cm³/mol. The van der Waals surface area contributed by atoms with Crippen molar-refractivity contribution in [3.8, 4) is 0 Å². The zero-order valence-electron chi connectivity index (χ0n) is 19.7. The van der Waals surface area contributed by atoms with Crippen molar-refractivity contribution in [2.24, 2.45) is 35.5 Å². The highest BCUT2D eigenvalue weighted by Crippen LogP contribution is 2.49. The zero-order chi connectivity index (χ0) is 22.7. The van der Waals surface area contributed by atoms with Crippen LogP contribution in [0.4, 0.5) is 13.2 Å². The molecule has 4 fully saturated rings. The van der Waals surface area contributed by atoms with Gasteiger partial charge in [0.25, 0.3) is 0 Å². The number of hydrogen-bond donors (Lipinski definition) is 0. The summed E-state index contributed by atoms with van der Waals surface area (Å²) in [4.78, 5) is 13.9. The van der Waals surface area contributed by atoms with Gasteiger partial charge < -0.3 is 9.53 Å². The van der Waals surface area contributed by atoms with E-state index in [4.69, 9.17) is 4.74 Å². The second kappa shape index (κ2) is 10.8. The molecule has 0 radical (unpaired) electrons. The Morgan fingerprint density at radius 1 is 0.969 bits per heavy atom. The van der Waals surface area contributed by atoms with Crippen LogP contribution in [-0.4, -0.2) is 49.2 Å². The van der Waals surface area contributed by atoms with Crippen molar-refractivity contribution in [2.75, 3.05) is 19.7 Å². The molecule has 1 aliphatic heterocycles. The van der Waals surface area contributed by atoms with Crippen molar-refractivity contribution in [1.29, 1.82) is 0 Å². The molecule has 0 aromatic carbocycles. The van der Waals surface area contributed by atoms with E-state index in [-0.39, 0.29) is 5.92 Å². The lowest BCUT2D eigenvalue weighted by Crippen LogP contribution is -2.42. The third-order valence-electron chi connectivity index (χ3n) is 9.32. The minimum absolute atomic E-state index is 0.147. The number of carbonyl (C=O) groups excluding carboxylic acids is 1. The van der Waals surface area contributed by atoms with Gasteiger partial charge in [-0.1, -0.05) is 12.8 Å². The molecule has 8 atom stereocenters. The molecular formula is C26H42F3NO2. The van der Waals surface area contributed by atoms with E-state index in [2.05, 4.69) is 11.8 Å². The highest BCUT2D eigenvalue weighted by molar-refractivity contribution is 5.50. The topological polar surface area (TPSA) is 29.5 Å². The summed E-state index contributed by atoms with van der Waals surface area (Å²) in [6.07, 6.45) is 8.73. The Morgan fingerprint density at radius 3 is 2.50 bits per heavy atom. The molecule has 1 heterocycles. The Balaban J connectivity index is 1.37. The fourth-order valence-electron chi connectivity index (χ4n) is 7.85. The number of aldehydes is 1. The highest BCUT2D eigenvalue weighted by Gasteiger charge is 2.48. The SMILES string of the molecule is CCOC1CCCC(C2CCC3C(C2)C(CC=O)CN3CC2CCCC(C(F)(F)F)C2)C1. The molecule has 32 heavy (non-hydrogen) atoms. The van der Waals surface area contributed by atoms with Gasteiger partial charge in [-0.2, -0.15) is 13.2 Å². The summed E-state index contributed by atoms with van der Waals surface area (Å²) in [5.41, 5.74) is 0. The lowest BCUT2D eigenvalue weighted by molar-refractivity contribution is -0.186. The molecule has 184 valence electrons. The molecule has 8 unspecified atom stereocenters. The summed E-state index contributed by atoms with van der Waals surface area (Å²) in [5, 5.41) is 0. The highest BCUT2D eigenvalue weighted by atomic mass is 19.4. The number of alkyl halides is 3. The van der Waals surface area contributed by atoms with E-state index in [1.54, 1.807) is 0 Å². The predicted octanol–water partition coefficient (Wildman–Crippen LogP) is 6.26. The average Bonchev–Trinajstić information content (AvgIpc) is 3.10. The van der Waals surface area contributed by atoms with Gasteiger partial charge in [-0.25, -0.2) is 0 Å². The van der Waals surface area contributed by atoms with Gasteiger partial charge in [0.15, 0.2) is 0 Å². The van der Waals surface area contributed by atoms with Gasteiger partial charge in [-0.3, -0.25) is 4.90 Å². The zero-order valence-corrected chi connectivity index (χ0v) is 19.7. The first-order valence-corrected chi connectivity index (χ1v) is 13.2. The van der Waals surface area contributed by atoms with Crippen LogP contribution in [0, 0.1) is 35.5 Å². The Hall–Kier alpha value is -0.620. The van der Waals surface area contributed by atoms with Gasteiger partial charge >= 0.3 is 6.18 Å². The molecule has 0 aromatic rings. The van der Waals surface area contributed by atoms with Crippen LogP contribution in [0.3, 0.4) is 0 Å². The minimum Gasteiger partial charge on any atom is -0.378 e. The summed E-state index contributed by atoms with van der Waals surface area (Å²) in [7, 11) is 0. The molecule has 0 bridgehead atoms. The van der Waals surface area contributed by atoms with Crippen LogP contribution in [-0.2, 0) is 9.53 Å². The molecule has 3 aliphatic carbocycles. The van der Waals surface area contributed by atoms with Gasteiger partial charge in [0, 0.05) is 32.2 Å².